The van der Waals surface area contributed by atoms with Crippen molar-refractivity contribution in [2.24, 2.45) is 5.73 Å². The molecule has 1 rings (SSSR count). The van der Waals surface area contributed by atoms with Gasteiger partial charge in [0.1, 0.15) is 0 Å². The van der Waals surface area contributed by atoms with Crippen LogP contribution in [0.4, 0.5) is 0 Å². The van der Waals surface area contributed by atoms with Crippen LogP contribution in [0.3, 0.4) is 0 Å². The summed E-state index contributed by atoms with van der Waals surface area (Å²) in [5.74, 6) is 0.634. The van der Waals surface area contributed by atoms with Crippen LogP contribution >= 0.6 is 0 Å². The molecule has 5 heteroatoms. The van der Waals surface area contributed by atoms with E-state index in [1.165, 1.54) is 0 Å². The second kappa shape index (κ2) is 5.82. The molecule has 0 aliphatic carbocycles. The minimum Gasteiger partial charge on any atom is -0.330 e. The van der Waals surface area contributed by atoms with E-state index in [0.717, 1.165) is 19.3 Å². The average molecular weight is 234 g/mol. The van der Waals surface area contributed by atoms with Gasteiger partial charge in [-0.15, -0.1) is 0 Å². The summed E-state index contributed by atoms with van der Waals surface area (Å²) in [6.45, 7) is 4.22. The fraction of sp³-hybridized carbons (Fsp3) is 1.00. The zero-order valence-electron chi connectivity index (χ0n) is 9.48. The molecule has 15 heavy (non-hydrogen) atoms. The van der Waals surface area contributed by atoms with Crippen LogP contribution in [0.2, 0.25) is 0 Å². The fourth-order valence-corrected chi connectivity index (χ4v) is 3.36. The summed E-state index contributed by atoms with van der Waals surface area (Å²) >= 11 is 0. The third-order valence-electron chi connectivity index (χ3n) is 3.02. The molecule has 1 fully saturated rings. The largest absolute Gasteiger partial charge is 0.330 e. The number of rotatable bonds is 5. The first-order valence-corrected chi connectivity index (χ1v) is 7.55. The molecule has 1 heterocycles. The lowest BCUT2D eigenvalue weighted by Crippen LogP contribution is -2.46. The second-order valence-electron chi connectivity index (χ2n) is 4.21. The third-order valence-corrected chi connectivity index (χ3v) is 4.63. The summed E-state index contributed by atoms with van der Waals surface area (Å²) in [5.41, 5.74) is 5.57. The number of hydrogen-bond acceptors (Lipinski definition) is 4. The minimum atomic E-state index is -2.75. The van der Waals surface area contributed by atoms with Gasteiger partial charge < -0.3 is 5.73 Å². The Kier molecular flexibility index (Phi) is 5.02. The van der Waals surface area contributed by atoms with Gasteiger partial charge in [-0.2, -0.15) is 0 Å². The maximum atomic E-state index is 11.3. The van der Waals surface area contributed by atoms with E-state index in [9.17, 15) is 8.42 Å². The maximum Gasteiger partial charge on any atom is 0.152 e. The van der Waals surface area contributed by atoms with Gasteiger partial charge in [0, 0.05) is 19.1 Å². The molecule has 0 aromatic heterocycles. The van der Waals surface area contributed by atoms with Gasteiger partial charge in [0.25, 0.3) is 0 Å². The standard InChI is InChI=1S/C10H22N2O2S/c1-2-3-10(4-5-11)12-6-8-15(13,14)9-7-12/h10H,2-9,11H2,1H3. The van der Waals surface area contributed by atoms with E-state index < -0.39 is 9.84 Å². The zero-order valence-corrected chi connectivity index (χ0v) is 10.3. The Morgan fingerprint density at radius 1 is 1.27 bits per heavy atom. The molecule has 1 aliphatic heterocycles. The quantitative estimate of drug-likeness (QED) is 0.740. The van der Waals surface area contributed by atoms with Crippen LogP contribution < -0.4 is 5.73 Å². The molecular formula is C10H22N2O2S. The fourth-order valence-electron chi connectivity index (χ4n) is 2.13. The molecule has 90 valence electrons. The molecule has 0 aromatic carbocycles. The van der Waals surface area contributed by atoms with Crippen molar-refractivity contribution in [3.63, 3.8) is 0 Å². The van der Waals surface area contributed by atoms with Crippen molar-refractivity contribution in [2.45, 2.75) is 32.2 Å². The molecule has 0 bridgehead atoms. The Bertz CT molecular complexity index is 257. The lowest BCUT2D eigenvalue weighted by Gasteiger charge is -2.34. The Morgan fingerprint density at radius 2 is 1.87 bits per heavy atom. The highest BCUT2D eigenvalue weighted by molar-refractivity contribution is 7.91. The van der Waals surface area contributed by atoms with E-state index >= 15 is 0 Å². The summed E-state index contributed by atoms with van der Waals surface area (Å²) in [6, 6.07) is 0.482. The van der Waals surface area contributed by atoms with E-state index in [1.807, 2.05) is 0 Å². The molecule has 2 N–H and O–H groups in total. The number of nitrogens with two attached hydrogens (primary N) is 1. The first kappa shape index (κ1) is 12.9. The molecular weight excluding hydrogens is 212 g/mol. The van der Waals surface area contributed by atoms with E-state index in [-0.39, 0.29) is 0 Å². The molecule has 0 amide bonds. The van der Waals surface area contributed by atoms with E-state index in [1.54, 1.807) is 0 Å². The van der Waals surface area contributed by atoms with Crippen LogP contribution in [0.1, 0.15) is 26.2 Å². The predicted octanol–water partition coefficient (Wildman–Crippen LogP) is 0.234. The molecule has 0 aromatic rings. The summed E-state index contributed by atoms with van der Waals surface area (Å²) in [5, 5.41) is 0. The maximum absolute atomic E-state index is 11.3. The van der Waals surface area contributed by atoms with Gasteiger partial charge in [-0.05, 0) is 19.4 Å². The van der Waals surface area contributed by atoms with Crippen molar-refractivity contribution in [1.29, 1.82) is 0 Å². The SMILES string of the molecule is CCCC(CCN)N1CCS(=O)(=O)CC1. The number of nitrogens with zero attached hydrogens (tertiary/aromatic N) is 1. The molecule has 1 saturated heterocycles. The Morgan fingerprint density at radius 3 is 2.33 bits per heavy atom. The summed E-state index contributed by atoms with van der Waals surface area (Å²) in [7, 11) is -2.75. The van der Waals surface area contributed by atoms with Crippen LogP contribution in [0.25, 0.3) is 0 Å². The number of sulfone groups is 1. The topological polar surface area (TPSA) is 63.4 Å². The van der Waals surface area contributed by atoms with Crippen molar-refractivity contribution in [1.82, 2.24) is 4.90 Å². The molecule has 1 aliphatic rings. The molecule has 0 spiro atoms. The molecule has 0 saturated carbocycles. The van der Waals surface area contributed by atoms with Crippen LogP contribution in [-0.2, 0) is 9.84 Å². The summed E-state index contributed by atoms with van der Waals surface area (Å²) in [6.07, 6.45) is 3.24. The van der Waals surface area contributed by atoms with Gasteiger partial charge in [-0.1, -0.05) is 13.3 Å². The Balaban J connectivity index is 2.48. The van der Waals surface area contributed by atoms with Crippen molar-refractivity contribution in [2.75, 3.05) is 31.1 Å². The Labute approximate surface area is 92.7 Å². The van der Waals surface area contributed by atoms with Gasteiger partial charge >= 0.3 is 0 Å². The lowest BCUT2D eigenvalue weighted by molar-refractivity contribution is 0.192. The van der Waals surface area contributed by atoms with Gasteiger partial charge in [-0.25, -0.2) is 8.42 Å². The highest BCUT2D eigenvalue weighted by Crippen LogP contribution is 2.14. The van der Waals surface area contributed by atoms with Crippen LogP contribution in [-0.4, -0.2) is 50.5 Å². The highest BCUT2D eigenvalue weighted by atomic mass is 32.2. The van der Waals surface area contributed by atoms with E-state index in [0.29, 0.717) is 37.2 Å². The van der Waals surface area contributed by atoms with Crippen molar-refractivity contribution in [3.05, 3.63) is 0 Å². The lowest BCUT2D eigenvalue weighted by atomic mass is 10.1. The predicted molar refractivity (Wildman–Crippen MR) is 62.6 cm³/mol. The number of hydrogen-bond donors (Lipinski definition) is 1. The third kappa shape index (κ3) is 4.09. The average Bonchev–Trinajstić information content (AvgIpc) is 2.18. The highest BCUT2D eigenvalue weighted by Gasteiger charge is 2.25. The first-order valence-electron chi connectivity index (χ1n) is 5.73. The zero-order chi connectivity index (χ0) is 11.3. The van der Waals surface area contributed by atoms with Crippen LogP contribution in [0, 0.1) is 0 Å². The van der Waals surface area contributed by atoms with Crippen molar-refractivity contribution in [3.8, 4) is 0 Å². The van der Waals surface area contributed by atoms with Crippen molar-refractivity contribution < 1.29 is 8.42 Å². The molecule has 1 unspecified atom stereocenters. The second-order valence-corrected chi connectivity index (χ2v) is 6.51. The van der Waals surface area contributed by atoms with Gasteiger partial charge in [0.05, 0.1) is 11.5 Å². The molecule has 1 atom stereocenters. The summed E-state index contributed by atoms with van der Waals surface area (Å²) in [4.78, 5) is 2.29. The minimum absolute atomic E-state index is 0.317. The summed E-state index contributed by atoms with van der Waals surface area (Å²) < 4.78 is 22.6. The monoisotopic (exact) mass is 234 g/mol. The normalized spacial score (nSPS) is 23.9. The van der Waals surface area contributed by atoms with E-state index in [2.05, 4.69) is 11.8 Å². The smallest absolute Gasteiger partial charge is 0.152 e. The van der Waals surface area contributed by atoms with Crippen LogP contribution in [0.15, 0.2) is 0 Å². The van der Waals surface area contributed by atoms with Gasteiger partial charge in [0.2, 0.25) is 0 Å². The first-order chi connectivity index (χ1) is 7.09. The van der Waals surface area contributed by atoms with Gasteiger partial charge in [0.15, 0.2) is 9.84 Å². The Hall–Kier alpha value is -0.130. The van der Waals surface area contributed by atoms with Gasteiger partial charge in [-0.3, -0.25) is 4.90 Å². The van der Waals surface area contributed by atoms with Crippen LogP contribution in [0.5, 0.6) is 0 Å². The van der Waals surface area contributed by atoms with Crippen molar-refractivity contribution >= 4 is 9.84 Å². The molecule has 4 nitrogen and oxygen atoms in total. The molecule has 0 radical (unpaired) electrons. The van der Waals surface area contributed by atoms with E-state index in [4.69, 9.17) is 5.73 Å².